The van der Waals surface area contributed by atoms with E-state index in [1.807, 2.05) is 13.0 Å². The zero-order valence-corrected chi connectivity index (χ0v) is 8.97. The van der Waals surface area contributed by atoms with Gasteiger partial charge in [-0.3, -0.25) is 0 Å². The Kier molecular flexibility index (Phi) is 2.94. The van der Waals surface area contributed by atoms with Crippen LogP contribution in [-0.4, -0.2) is 4.98 Å². The molecule has 1 rings (SSSR count). The molecule has 0 aliphatic carbocycles. The van der Waals surface area contributed by atoms with E-state index in [0.717, 1.165) is 5.56 Å². The first-order valence-electron chi connectivity index (χ1n) is 4.35. The summed E-state index contributed by atoms with van der Waals surface area (Å²) in [6.45, 7) is 6.19. The highest BCUT2D eigenvalue weighted by molar-refractivity contribution is 6.29. The molecule has 2 nitrogen and oxygen atoms in total. The molecule has 3 heteroatoms. The standard InChI is InChI=1S/C10H15ClN2/c1-7(2)10(3,12)8-4-5-9(11)13-6-8/h4-7H,12H2,1-3H3. The largest absolute Gasteiger partial charge is 0.321 e. The molecule has 0 bridgehead atoms. The fraction of sp³-hybridized carbons (Fsp3) is 0.500. The van der Waals surface area contributed by atoms with E-state index in [0.29, 0.717) is 11.1 Å². The number of nitrogens with zero attached hydrogens (tertiary/aromatic N) is 1. The minimum absolute atomic E-state index is 0.336. The average Bonchev–Trinajstić information content (AvgIpc) is 2.04. The van der Waals surface area contributed by atoms with Gasteiger partial charge in [0.05, 0.1) is 0 Å². The van der Waals surface area contributed by atoms with Crippen molar-refractivity contribution in [3.05, 3.63) is 29.0 Å². The van der Waals surface area contributed by atoms with Gasteiger partial charge in [-0.2, -0.15) is 0 Å². The third kappa shape index (κ3) is 2.20. The summed E-state index contributed by atoms with van der Waals surface area (Å²) in [6, 6.07) is 3.69. The van der Waals surface area contributed by atoms with Crippen LogP contribution in [0.5, 0.6) is 0 Å². The second-order valence-electron chi connectivity index (χ2n) is 3.81. The highest BCUT2D eigenvalue weighted by Gasteiger charge is 2.25. The Bertz CT molecular complexity index is 277. The molecule has 1 aromatic heterocycles. The van der Waals surface area contributed by atoms with Crippen LogP contribution in [0.2, 0.25) is 5.15 Å². The summed E-state index contributed by atoms with van der Waals surface area (Å²) in [4.78, 5) is 4.01. The Morgan fingerprint density at radius 2 is 2.08 bits per heavy atom. The van der Waals surface area contributed by atoms with Gasteiger partial charge in [-0.1, -0.05) is 31.5 Å². The van der Waals surface area contributed by atoms with Crippen LogP contribution in [-0.2, 0) is 5.54 Å². The van der Waals surface area contributed by atoms with Gasteiger partial charge in [-0.15, -0.1) is 0 Å². The van der Waals surface area contributed by atoms with Crippen LogP contribution in [0, 0.1) is 5.92 Å². The molecule has 0 radical (unpaired) electrons. The van der Waals surface area contributed by atoms with E-state index in [-0.39, 0.29) is 5.54 Å². The van der Waals surface area contributed by atoms with Crippen LogP contribution in [0.15, 0.2) is 18.3 Å². The van der Waals surface area contributed by atoms with Crippen LogP contribution in [0.1, 0.15) is 26.3 Å². The Balaban J connectivity index is 3.01. The monoisotopic (exact) mass is 198 g/mol. The number of hydrogen-bond acceptors (Lipinski definition) is 2. The summed E-state index contributed by atoms with van der Waals surface area (Å²) in [5.74, 6) is 0.371. The van der Waals surface area contributed by atoms with Crippen molar-refractivity contribution in [2.24, 2.45) is 11.7 Å². The Morgan fingerprint density at radius 1 is 1.46 bits per heavy atom. The molecule has 0 aromatic carbocycles. The summed E-state index contributed by atoms with van der Waals surface area (Å²) in [6.07, 6.45) is 1.74. The van der Waals surface area contributed by atoms with E-state index < -0.39 is 0 Å². The summed E-state index contributed by atoms with van der Waals surface area (Å²) < 4.78 is 0. The van der Waals surface area contributed by atoms with Gasteiger partial charge in [0.1, 0.15) is 5.15 Å². The van der Waals surface area contributed by atoms with Crippen molar-refractivity contribution in [3.63, 3.8) is 0 Å². The van der Waals surface area contributed by atoms with E-state index in [1.165, 1.54) is 0 Å². The van der Waals surface area contributed by atoms with Gasteiger partial charge in [0, 0.05) is 11.7 Å². The maximum absolute atomic E-state index is 6.15. The molecule has 0 spiro atoms. The topological polar surface area (TPSA) is 38.9 Å². The highest BCUT2D eigenvalue weighted by Crippen LogP contribution is 2.25. The van der Waals surface area contributed by atoms with Crippen LogP contribution in [0.4, 0.5) is 0 Å². The average molecular weight is 199 g/mol. The van der Waals surface area contributed by atoms with Crippen molar-refractivity contribution in [3.8, 4) is 0 Å². The number of nitrogens with two attached hydrogens (primary N) is 1. The molecule has 72 valence electrons. The lowest BCUT2D eigenvalue weighted by atomic mass is 9.84. The zero-order chi connectivity index (χ0) is 10.1. The minimum Gasteiger partial charge on any atom is -0.321 e. The molecular weight excluding hydrogens is 184 g/mol. The van der Waals surface area contributed by atoms with Crippen molar-refractivity contribution in [2.75, 3.05) is 0 Å². The number of halogens is 1. The van der Waals surface area contributed by atoms with Crippen LogP contribution >= 0.6 is 11.6 Å². The minimum atomic E-state index is -0.336. The van der Waals surface area contributed by atoms with E-state index in [9.17, 15) is 0 Å². The van der Waals surface area contributed by atoms with E-state index in [1.54, 1.807) is 12.3 Å². The van der Waals surface area contributed by atoms with Crippen LogP contribution in [0.25, 0.3) is 0 Å². The van der Waals surface area contributed by atoms with E-state index >= 15 is 0 Å². The van der Waals surface area contributed by atoms with Gasteiger partial charge >= 0.3 is 0 Å². The molecule has 0 saturated carbocycles. The predicted octanol–water partition coefficient (Wildman–Crippen LogP) is 2.56. The molecule has 1 unspecified atom stereocenters. The smallest absolute Gasteiger partial charge is 0.129 e. The quantitative estimate of drug-likeness (QED) is 0.742. The lowest BCUT2D eigenvalue weighted by molar-refractivity contribution is 0.349. The Hall–Kier alpha value is -0.600. The predicted molar refractivity (Wildman–Crippen MR) is 55.6 cm³/mol. The van der Waals surface area contributed by atoms with E-state index in [2.05, 4.69) is 18.8 Å². The van der Waals surface area contributed by atoms with Crippen molar-refractivity contribution < 1.29 is 0 Å². The van der Waals surface area contributed by atoms with Gasteiger partial charge in [-0.25, -0.2) is 4.98 Å². The van der Waals surface area contributed by atoms with Crippen molar-refractivity contribution in [2.45, 2.75) is 26.3 Å². The third-order valence-electron chi connectivity index (χ3n) is 2.55. The maximum atomic E-state index is 6.15. The fourth-order valence-electron chi connectivity index (χ4n) is 1.03. The van der Waals surface area contributed by atoms with Gasteiger partial charge in [0.25, 0.3) is 0 Å². The SMILES string of the molecule is CC(C)C(C)(N)c1ccc(Cl)nc1. The summed E-state index contributed by atoms with van der Waals surface area (Å²) >= 11 is 5.69. The molecule has 0 aliphatic rings. The number of rotatable bonds is 2. The molecule has 0 amide bonds. The fourth-order valence-corrected chi connectivity index (χ4v) is 1.14. The maximum Gasteiger partial charge on any atom is 0.129 e. The first-order chi connectivity index (χ1) is 5.94. The summed E-state index contributed by atoms with van der Waals surface area (Å²) in [7, 11) is 0. The Labute approximate surface area is 84.1 Å². The first kappa shape index (κ1) is 10.5. The molecule has 13 heavy (non-hydrogen) atoms. The van der Waals surface area contributed by atoms with Gasteiger partial charge in [0.2, 0.25) is 0 Å². The van der Waals surface area contributed by atoms with E-state index in [4.69, 9.17) is 17.3 Å². The molecule has 2 N–H and O–H groups in total. The number of aromatic nitrogens is 1. The van der Waals surface area contributed by atoms with Gasteiger partial charge in [-0.05, 0) is 24.5 Å². The summed E-state index contributed by atoms with van der Waals surface area (Å²) in [5.41, 5.74) is 6.83. The van der Waals surface area contributed by atoms with Crippen molar-refractivity contribution in [1.82, 2.24) is 4.98 Å². The molecular formula is C10H15ClN2. The normalized spacial score (nSPS) is 15.8. The van der Waals surface area contributed by atoms with Crippen LogP contribution in [0.3, 0.4) is 0 Å². The van der Waals surface area contributed by atoms with Crippen molar-refractivity contribution >= 4 is 11.6 Å². The molecule has 1 aromatic rings. The zero-order valence-electron chi connectivity index (χ0n) is 8.21. The first-order valence-corrected chi connectivity index (χ1v) is 4.73. The van der Waals surface area contributed by atoms with Gasteiger partial charge < -0.3 is 5.73 Å². The molecule has 0 aliphatic heterocycles. The number of hydrogen-bond donors (Lipinski definition) is 1. The molecule has 1 atom stereocenters. The summed E-state index contributed by atoms with van der Waals surface area (Å²) in [5, 5.41) is 0.503. The van der Waals surface area contributed by atoms with Crippen LogP contribution < -0.4 is 5.73 Å². The Morgan fingerprint density at radius 3 is 2.46 bits per heavy atom. The molecule has 0 saturated heterocycles. The lowest BCUT2D eigenvalue weighted by Crippen LogP contribution is -2.38. The molecule has 1 heterocycles. The molecule has 0 fully saturated rings. The highest BCUT2D eigenvalue weighted by atomic mass is 35.5. The second-order valence-corrected chi connectivity index (χ2v) is 4.19. The van der Waals surface area contributed by atoms with Gasteiger partial charge in [0.15, 0.2) is 0 Å². The van der Waals surface area contributed by atoms with Crippen molar-refractivity contribution in [1.29, 1.82) is 0 Å². The number of pyridine rings is 1. The third-order valence-corrected chi connectivity index (χ3v) is 2.77. The second kappa shape index (κ2) is 3.64. The lowest BCUT2D eigenvalue weighted by Gasteiger charge is -2.29.